The van der Waals surface area contributed by atoms with E-state index in [4.69, 9.17) is 17.0 Å². The molecule has 2 aromatic carbocycles. The van der Waals surface area contributed by atoms with Gasteiger partial charge in [-0.05, 0) is 87.1 Å². The van der Waals surface area contributed by atoms with E-state index in [-0.39, 0.29) is 12.0 Å². The highest BCUT2D eigenvalue weighted by Crippen LogP contribution is 2.25. The van der Waals surface area contributed by atoms with Crippen LogP contribution in [0.15, 0.2) is 42.5 Å². The third-order valence-electron chi connectivity index (χ3n) is 5.84. The van der Waals surface area contributed by atoms with Crippen LogP contribution in [0, 0.1) is 12.8 Å². The van der Waals surface area contributed by atoms with E-state index in [0.29, 0.717) is 17.3 Å². The lowest BCUT2D eigenvalue weighted by molar-refractivity contribution is 0.0525. The molecule has 1 aliphatic heterocycles. The highest BCUT2D eigenvalue weighted by molar-refractivity contribution is 7.80. The first-order chi connectivity index (χ1) is 14.9. The third-order valence-corrected chi connectivity index (χ3v) is 6.06. The van der Waals surface area contributed by atoms with Crippen molar-refractivity contribution in [3.8, 4) is 0 Å². The van der Waals surface area contributed by atoms with Crippen LogP contribution >= 0.6 is 12.2 Å². The fourth-order valence-corrected chi connectivity index (χ4v) is 4.32. The van der Waals surface area contributed by atoms with Crippen molar-refractivity contribution >= 4 is 34.7 Å². The standard InChI is InChI=1S/C25H33N3O2S/c1-5-30-24(29)22-9-6-10-23(18(22)3)27-25(31)26-19(4)20-11-13-21(14-12-20)28-15-7-8-17(2)16-28/h6,9-14,17,19H,5,7-8,15-16H2,1-4H3,(H2,26,27,31)/t17-,19+/m1/s1. The number of nitrogens with zero attached hydrogens (tertiary/aromatic N) is 1. The molecule has 3 rings (SSSR count). The number of piperidine rings is 1. The van der Waals surface area contributed by atoms with Gasteiger partial charge in [-0.3, -0.25) is 0 Å². The van der Waals surface area contributed by atoms with Crippen LogP contribution in [-0.4, -0.2) is 30.8 Å². The molecular formula is C25H33N3O2S. The summed E-state index contributed by atoms with van der Waals surface area (Å²) in [7, 11) is 0. The normalized spacial score (nSPS) is 17.0. The Kier molecular flexibility index (Phi) is 7.91. The van der Waals surface area contributed by atoms with Crippen molar-refractivity contribution in [1.82, 2.24) is 5.32 Å². The summed E-state index contributed by atoms with van der Waals surface area (Å²) in [6, 6.07) is 14.3. The van der Waals surface area contributed by atoms with E-state index in [0.717, 1.165) is 30.3 Å². The Morgan fingerprint density at radius 1 is 1.26 bits per heavy atom. The molecule has 1 fully saturated rings. The fraction of sp³-hybridized carbons (Fsp3) is 0.440. The van der Waals surface area contributed by atoms with Gasteiger partial charge < -0.3 is 20.3 Å². The first-order valence-electron chi connectivity index (χ1n) is 11.1. The van der Waals surface area contributed by atoms with Gasteiger partial charge in [0.2, 0.25) is 0 Å². The van der Waals surface area contributed by atoms with Crippen molar-refractivity contribution in [2.75, 3.05) is 29.9 Å². The minimum atomic E-state index is -0.320. The molecule has 1 aliphatic rings. The minimum Gasteiger partial charge on any atom is -0.462 e. The second kappa shape index (κ2) is 10.6. The van der Waals surface area contributed by atoms with Gasteiger partial charge in [-0.25, -0.2) is 4.79 Å². The molecule has 1 heterocycles. The average molecular weight is 440 g/mol. The topological polar surface area (TPSA) is 53.6 Å². The maximum atomic E-state index is 12.1. The molecule has 0 saturated carbocycles. The van der Waals surface area contributed by atoms with Gasteiger partial charge in [0, 0.05) is 24.5 Å². The molecule has 166 valence electrons. The Morgan fingerprint density at radius 3 is 2.68 bits per heavy atom. The first-order valence-corrected chi connectivity index (χ1v) is 11.5. The SMILES string of the molecule is CCOC(=O)c1cccc(NC(=S)N[C@@H](C)c2ccc(N3CCC[C@@H](C)C3)cc2)c1C. The molecule has 0 aliphatic carbocycles. The van der Waals surface area contributed by atoms with E-state index in [1.807, 2.05) is 19.1 Å². The molecule has 0 radical (unpaired) electrons. The number of carbonyl (C=O) groups is 1. The maximum absolute atomic E-state index is 12.1. The van der Waals surface area contributed by atoms with E-state index in [9.17, 15) is 4.79 Å². The van der Waals surface area contributed by atoms with E-state index in [1.54, 1.807) is 13.0 Å². The van der Waals surface area contributed by atoms with E-state index < -0.39 is 0 Å². The fourth-order valence-electron chi connectivity index (χ4n) is 4.04. The molecule has 0 aromatic heterocycles. The van der Waals surface area contributed by atoms with Crippen LogP contribution in [0.4, 0.5) is 11.4 Å². The summed E-state index contributed by atoms with van der Waals surface area (Å²) in [6.07, 6.45) is 2.58. The monoisotopic (exact) mass is 439 g/mol. The third kappa shape index (κ3) is 5.97. The van der Waals surface area contributed by atoms with E-state index >= 15 is 0 Å². The van der Waals surface area contributed by atoms with Crippen LogP contribution in [0.1, 0.15) is 61.1 Å². The predicted octanol–water partition coefficient (Wildman–Crippen LogP) is 5.46. The van der Waals surface area contributed by atoms with Crippen molar-refractivity contribution in [2.24, 2.45) is 5.92 Å². The van der Waals surface area contributed by atoms with Crippen LogP contribution in [0.25, 0.3) is 0 Å². The molecule has 2 N–H and O–H groups in total. The highest BCUT2D eigenvalue weighted by atomic mass is 32.1. The zero-order valence-electron chi connectivity index (χ0n) is 18.9. The maximum Gasteiger partial charge on any atom is 0.338 e. The van der Waals surface area contributed by atoms with Gasteiger partial charge in [-0.15, -0.1) is 0 Å². The lowest BCUT2D eigenvalue weighted by atomic mass is 9.99. The van der Waals surface area contributed by atoms with Gasteiger partial charge in [-0.2, -0.15) is 0 Å². The number of rotatable bonds is 6. The van der Waals surface area contributed by atoms with Gasteiger partial charge in [0.05, 0.1) is 18.2 Å². The quantitative estimate of drug-likeness (QED) is 0.461. The number of hydrogen-bond donors (Lipinski definition) is 2. The number of esters is 1. The zero-order valence-corrected chi connectivity index (χ0v) is 19.7. The second-order valence-electron chi connectivity index (χ2n) is 8.30. The summed E-state index contributed by atoms with van der Waals surface area (Å²) >= 11 is 5.53. The zero-order chi connectivity index (χ0) is 22.4. The Balaban J connectivity index is 1.61. The van der Waals surface area contributed by atoms with Crippen LogP contribution in [0.2, 0.25) is 0 Å². The minimum absolute atomic E-state index is 0.0582. The molecule has 0 unspecified atom stereocenters. The summed E-state index contributed by atoms with van der Waals surface area (Å²) in [5.74, 6) is 0.433. The Hall–Kier alpha value is -2.60. The van der Waals surface area contributed by atoms with Crippen molar-refractivity contribution in [1.29, 1.82) is 0 Å². The van der Waals surface area contributed by atoms with Gasteiger partial charge in [0.15, 0.2) is 5.11 Å². The summed E-state index contributed by atoms with van der Waals surface area (Å²) in [5.41, 5.74) is 4.62. The summed E-state index contributed by atoms with van der Waals surface area (Å²) in [4.78, 5) is 14.6. The largest absolute Gasteiger partial charge is 0.462 e. The summed E-state index contributed by atoms with van der Waals surface area (Å²) in [5, 5.41) is 7.08. The Bertz CT molecular complexity index is 913. The molecule has 6 heteroatoms. The van der Waals surface area contributed by atoms with E-state index in [1.165, 1.54) is 24.1 Å². The average Bonchev–Trinajstić information content (AvgIpc) is 2.75. The molecule has 2 atom stereocenters. The van der Waals surface area contributed by atoms with Crippen LogP contribution in [0.5, 0.6) is 0 Å². The molecule has 1 saturated heterocycles. The molecule has 0 amide bonds. The van der Waals surface area contributed by atoms with Crippen LogP contribution in [-0.2, 0) is 4.74 Å². The van der Waals surface area contributed by atoms with Crippen LogP contribution in [0.3, 0.4) is 0 Å². The molecule has 0 spiro atoms. The number of carbonyl (C=O) groups excluding carboxylic acids is 1. The van der Waals surface area contributed by atoms with Crippen LogP contribution < -0.4 is 15.5 Å². The first kappa shape index (κ1) is 23.1. The molecule has 2 aromatic rings. The smallest absolute Gasteiger partial charge is 0.338 e. The lowest BCUT2D eigenvalue weighted by Gasteiger charge is -2.33. The summed E-state index contributed by atoms with van der Waals surface area (Å²) < 4.78 is 5.13. The molecule has 0 bridgehead atoms. The van der Waals surface area contributed by atoms with Crippen molar-refractivity contribution in [2.45, 2.75) is 46.6 Å². The molecule has 5 nitrogen and oxygen atoms in total. The van der Waals surface area contributed by atoms with Crippen molar-refractivity contribution in [3.05, 3.63) is 59.2 Å². The lowest BCUT2D eigenvalue weighted by Crippen LogP contribution is -2.34. The Morgan fingerprint density at radius 2 is 2.00 bits per heavy atom. The number of benzene rings is 2. The molecule has 31 heavy (non-hydrogen) atoms. The number of ether oxygens (including phenoxy) is 1. The number of hydrogen-bond acceptors (Lipinski definition) is 4. The van der Waals surface area contributed by atoms with Crippen molar-refractivity contribution < 1.29 is 9.53 Å². The number of nitrogens with one attached hydrogen (secondary N) is 2. The highest BCUT2D eigenvalue weighted by Gasteiger charge is 2.17. The predicted molar refractivity (Wildman–Crippen MR) is 132 cm³/mol. The number of thiocarbonyl (C=S) groups is 1. The molecular weight excluding hydrogens is 406 g/mol. The van der Waals surface area contributed by atoms with Gasteiger partial charge in [-0.1, -0.05) is 25.1 Å². The Labute approximate surface area is 191 Å². The van der Waals surface area contributed by atoms with E-state index in [2.05, 4.69) is 53.6 Å². The second-order valence-corrected chi connectivity index (χ2v) is 8.71. The van der Waals surface area contributed by atoms with Gasteiger partial charge in [0.25, 0.3) is 0 Å². The van der Waals surface area contributed by atoms with Gasteiger partial charge in [0.1, 0.15) is 0 Å². The number of anilines is 2. The van der Waals surface area contributed by atoms with Gasteiger partial charge >= 0.3 is 5.97 Å². The van der Waals surface area contributed by atoms with Crippen molar-refractivity contribution in [3.63, 3.8) is 0 Å². The summed E-state index contributed by atoms with van der Waals surface area (Å²) in [6.45, 7) is 10.7.